The SMILES string of the molecule is COCC(NN)C1(C)CCCO1. The van der Waals surface area contributed by atoms with E-state index in [1.165, 1.54) is 0 Å². The lowest BCUT2D eigenvalue weighted by atomic mass is 9.94. The third-order valence-electron chi connectivity index (χ3n) is 2.52. The minimum atomic E-state index is -0.148. The van der Waals surface area contributed by atoms with Crippen LogP contribution in [0.1, 0.15) is 19.8 Å². The Morgan fingerprint density at radius 3 is 2.92 bits per heavy atom. The zero-order valence-electron chi connectivity index (χ0n) is 7.80. The van der Waals surface area contributed by atoms with Gasteiger partial charge in [-0.3, -0.25) is 11.3 Å². The van der Waals surface area contributed by atoms with Crippen LogP contribution >= 0.6 is 0 Å². The van der Waals surface area contributed by atoms with Crippen molar-refractivity contribution in [2.45, 2.75) is 31.4 Å². The third kappa shape index (κ3) is 1.95. The molecule has 1 aliphatic heterocycles. The molecule has 1 fully saturated rings. The Hall–Kier alpha value is -0.160. The van der Waals surface area contributed by atoms with Gasteiger partial charge in [0.2, 0.25) is 0 Å². The van der Waals surface area contributed by atoms with E-state index in [0.29, 0.717) is 6.61 Å². The summed E-state index contributed by atoms with van der Waals surface area (Å²) >= 11 is 0. The lowest BCUT2D eigenvalue weighted by molar-refractivity contribution is -0.0328. The first kappa shape index (κ1) is 9.92. The van der Waals surface area contributed by atoms with Gasteiger partial charge in [-0.05, 0) is 19.8 Å². The largest absolute Gasteiger partial charge is 0.383 e. The molecular weight excluding hydrogens is 156 g/mol. The summed E-state index contributed by atoms with van der Waals surface area (Å²) in [7, 11) is 1.67. The molecule has 4 heteroatoms. The molecule has 0 aromatic carbocycles. The first-order chi connectivity index (χ1) is 5.73. The number of nitrogens with two attached hydrogens (primary N) is 1. The quantitative estimate of drug-likeness (QED) is 0.466. The molecule has 12 heavy (non-hydrogen) atoms. The van der Waals surface area contributed by atoms with Crippen molar-refractivity contribution in [3.63, 3.8) is 0 Å². The minimum Gasteiger partial charge on any atom is -0.383 e. The second-order valence-electron chi connectivity index (χ2n) is 3.44. The highest BCUT2D eigenvalue weighted by atomic mass is 16.5. The first-order valence-electron chi connectivity index (χ1n) is 4.32. The van der Waals surface area contributed by atoms with E-state index in [1.54, 1.807) is 7.11 Å². The third-order valence-corrected chi connectivity index (χ3v) is 2.52. The van der Waals surface area contributed by atoms with Gasteiger partial charge in [0.25, 0.3) is 0 Å². The second kappa shape index (κ2) is 4.18. The molecule has 0 radical (unpaired) electrons. The lowest BCUT2D eigenvalue weighted by Gasteiger charge is -2.32. The van der Waals surface area contributed by atoms with E-state index >= 15 is 0 Å². The van der Waals surface area contributed by atoms with Gasteiger partial charge in [0.1, 0.15) is 0 Å². The van der Waals surface area contributed by atoms with Gasteiger partial charge in [0.05, 0.1) is 18.2 Å². The number of ether oxygens (including phenoxy) is 2. The molecule has 0 saturated carbocycles. The monoisotopic (exact) mass is 174 g/mol. The molecule has 1 rings (SSSR count). The Morgan fingerprint density at radius 2 is 2.50 bits per heavy atom. The second-order valence-corrected chi connectivity index (χ2v) is 3.44. The minimum absolute atomic E-state index is 0.0880. The Balaban J connectivity index is 2.50. The van der Waals surface area contributed by atoms with Crippen molar-refractivity contribution in [1.82, 2.24) is 5.43 Å². The zero-order valence-corrected chi connectivity index (χ0v) is 7.80. The Labute approximate surface area is 73.4 Å². The summed E-state index contributed by atoms with van der Waals surface area (Å²) in [5, 5.41) is 0. The van der Waals surface area contributed by atoms with Gasteiger partial charge < -0.3 is 9.47 Å². The molecule has 72 valence electrons. The van der Waals surface area contributed by atoms with Crippen LogP contribution in [0.15, 0.2) is 0 Å². The van der Waals surface area contributed by atoms with Crippen molar-refractivity contribution in [3.8, 4) is 0 Å². The molecule has 1 saturated heterocycles. The standard InChI is InChI=1S/C8H18N2O2/c1-8(4-3-5-12-8)7(10-9)6-11-2/h7,10H,3-6,9H2,1-2H3. The predicted molar refractivity (Wildman–Crippen MR) is 46.6 cm³/mol. The zero-order chi connectivity index (χ0) is 9.03. The van der Waals surface area contributed by atoms with E-state index in [-0.39, 0.29) is 11.6 Å². The summed E-state index contributed by atoms with van der Waals surface area (Å²) in [6, 6.07) is 0.0880. The van der Waals surface area contributed by atoms with Crippen LogP contribution in [0.3, 0.4) is 0 Å². The van der Waals surface area contributed by atoms with Crippen LogP contribution in [0, 0.1) is 0 Å². The molecule has 1 heterocycles. The first-order valence-corrected chi connectivity index (χ1v) is 4.32. The van der Waals surface area contributed by atoms with E-state index < -0.39 is 0 Å². The normalized spacial score (nSPS) is 32.2. The molecule has 0 bridgehead atoms. The van der Waals surface area contributed by atoms with Gasteiger partial charge in [-0.15, -0.1) is 0 Å². The van der Waals surface area contributed by atoms with E-state index in [1.807, 2.05) is 0 Å². The van der Waals surface area contributed by atoms with Crippen LogP contribution in [-0.2, 0) is 9.47 Å². The van der Waals surface area contributed by atoms with Crippen molar-refractivity contribution in [2.75, 3.05) is 20.3 Å². The van der Waals surface area contributed by atoms with E-state index in [9.17, 15) is 0 Å². The molecule has 0 aliphatic carbocycles. The fourth-order valence-corrected chi connectivity index (χ4v) is 1.64. The van der Waals surface area contributed by atoms with Gasteiger partial charge in [-0.2, -0.15) is 0 Å². The van der Waals surface area contributed by atoms with E-state index in [2.05, 4.69) is 12.3 Å². The molecule has 1 aliphatic rings. The molecule has 4 nitrogen and oxygen atoms in total. The molecule has 2 atom stereocenters. The number of hydrogen-bond donors (Lipinski definition) is 2. The topological polar surface area (TPSA) is 56.5 Å². The van der Waals surface area contributed by atoms with Crippen LogP contribution in [0.5, 0.6) is 0 Å². The van der Waals surface area contributed by atoms with Crippen LogP contribution in [0.4, 0.5) is 0 Å². The average molecular weight is 174 g/mol. The molecule has 3 N–H and O–H groups in total. The molecule has 0 spiro atoms. The number of nitrogens with one attached hydrogen (secondary N) is 1. The average Bonchev–Trinajstić information content (AvgIpc) is 2.49. The van der Waals surface area contributed by atoms with Gasteiger partial charge in [-0.1, -0.05) is 0 Å². The fourth-order valence-electron chi connectivity index (χ4n) is 1.64. The molecule has 0 aromatic heterocycles. The Morgan fingerprint density at radius 1 is 1.75 bits per heavy atom. The maximum atomic E-state index is 5.62. The lowest BCUT2D eigenvalue weighted by Crippen LogP contribution is -2.53. The van der Waals surface area contributed by atoms with Gasteiger partial charge in [-0.25, -0.2) is 0 Å². The summed E-state index contributed by atoms with van der Waals surface area (Å²) in [5.74, 6) is 5.41. The summed E-state index contributed by atoms with van der Waals surface area (Å²) in [6.07, 6.45) is 2.16. The Kier molecular flexibility index (Phi) is 3.46. The molecule has 2 unspecified atom stereocenters. The maximum Gasteiger partial charge on any atom is 0.0843 e. The van der Waals surface area contributed by atoms with Crippen molar-refractivity contribution < 1.29 is 9.47 Å². The van der Waals surface area contributed by atoms with Gasteiger partial charge >= 0.3 is 0 Å². The Bertz CT molecular complexity index is 135. The smallest absolute Gasteiger partial charge is 0.0843 e. The highest BCUT2D eigenvalue weighted by Crippen LogP contribution is 2.28. The highest BCUT2D eigenvalue weighted by molar-refractivity contribution is 4.91. The van der Waals surface area contributed by atoms with Crippen molar-refractivity contribution >= 4 is 0 Å². The summed E-state index contributed by atoms with van der Waals surface area (Å²) in [4.78, 5) is 0. The number of rotatable bonds is 4. The summed E-state index contributed by atoms with van der Waals surface area (Å²) in [5.41, 5.74) is 2.59. The van der Waals surface area contributed by atoms with E-state index in [4.69, 9.17) is 15.3 Å². The number of methoxy groups -OCH3 is 1. The molecular formula is C8H18N2O2. The molecule has 0 aromatic rings. The van der Waals surface area contributed by atoms with Crippen molar-refractivity contribution in [2.24, 2.45) is 5.84 Å². The van der Waals surface area contributed by atoms with E-state index in [0.717, 1.165) is 19.4 Å². The van der Waals surface area contributed by atoms with Gasteiger partial charge in [0.15, 0.2) is 0 Å². The highest BCUT2D eigenvalue weighted by Gasteiger charge is 2.37. The maximum absolute atomic E-state index is 5.62. The van der Waals surface area contributed by atoms with Crippen molar-refractivity contribution in [1.29, 1.82) is 0 Å². The van der Waals surface area contributed by atoms with Gasteiger partial charge in [0, 0.05) is 13.7 Å². The number of hydrogen-bond acceptors (Lipinski definition) is 4. The van der Waals surface area contributed by atoms with Crippen LogP contribution in [0.25, 0.3) is 0 Å². The fraction of sp³-hybridized carbons (Fsp3) is 1.00. The van der Waals surface area contributed by atoms with Crippen LogP contribution in [0.2, 0.25) is 0 Å². The summed E-state index contributed by atoms with van der Waals surface area (Å²) < 4.78 is 10.7. The molecule has 0 amide bonds. The predicted octanol–water partition coefficient (Wildman–Crippen LogP) is 0.0338. The van der Waals surface area contributed by atoms with Crippen LogP contribution < -0.4 is 11.3 Å². The van der Waals surface area contributed by atoms with Crippen molar-refractivity contribution in [3.05, 3.63) is 0 Å². The number of hydrazine groups is 1. The summed E-state index contributed by atoms with van der Waals surface area (Å²) in [6.45, 7) is 3.49. The van der Waals surface area contributed by atoms with Crippen LogP contribution in [-0.4, -0.2) is 32.0 Å².